The molecule has 0 aliphatic heterocycles. The number of fused-ring (bicyclic) bond motifs is 3. The van der Waals surface area contributed by atoms with Crippen molar-refractivity contribution in [1.82, 2.24) is 9.55 Å². The molecule has 136 valence electrons. The SMILES string of the molecule is CCCCCn1c(CCOC)nc2sc3c(c2c1=O)C(C(=O)O)CC3. The van der Waals surface area contributed by atoms with Crippen LogP contribution in [0.2, 0.25) is 0 Å². The van der Waals surface area contributed by atoms with Gasteiger partial charge in [-0.1, -0.05) is 19.8 Å². The quantitative estimate of drug-likeness (QED) is 0.728. The van der Waals surface area contributed by atoms with Crippen LogP contribution in [0.25, 0.3) is 10.2 Å². The zero-order valence-corrected chi connectivity index (χ0v) is 15.5. The summed E-state index contributed by atoms with van der Waals surface area (Å²) in [6, 6.07) is 0. The fourth-order valence-electron chi connectivity index (χ4n) is 3.55. The van der Waals surface area contributed by atoms with E-state index in [-0.39, 0.29) is 5.56 Å². The number of carbonyl (C=O) groups is 1. The number of methoxy groups -OCH3 is 1. The minimum absolute atomic E-state index is 0.0853. The molecule has 6 nitrogen and oxygen atoms in total. The highest BCUT2D eigenvalue weighted by molar-refractivity contribution is 7.18. The number of hydrogen-bond donors (Lipinski definition) is 1. The zero-order chi connectivity index (χ0) is 18.0. The van der Waals surface area contributed by atoms with Gasteiger partial charge in [-0.3, -0.25) is 14.2 Å². The molecule has 7 heteroatoms. The Morgan fingerprint density at radius 3 is 2.92 bits per heavy atom. The molecule has 2 aromatic rings. The Kier molecular flexibility index (Phi) is 5.54. The average molecular weight is 364 g/mol. The number of carboxylic acids is 1. The first-order chi connectivity index (χ1) is 12.1. The largest absolute Gasteiger partial charge is 0.481 e. The summed E-state index contributed by atoms with van der Waals surface area (Å²) in [6.07, 6.45) is 4.92. The molecule has 25 heavy (non-hydrogen) atoms. The fourth-order valence-corrected chi connectivity index (χ4v) is 4.81. The highest BCUT2D eigenvalue weighted by Crippen LogP contribution is 2.42. The van der Waals surface area contributed by atoms with E-state index in [1.54, 1.807) is 11.7 Å². The summed E-state index contributed by atoms with van der Waals surface area (Å²) in [5.41, 5.74) is 0.630. The van der Waals surface area contributed by atoms with E-state index in [9.17, 15) is 14.7 Å². The van der Waals surface area contributed by atoms with Gasteiger partial charge in [0.2, 0.25) is 0 Å². The van der Waals surface area contributed by atoms with Crippen molar-refractivity contribution in [2.24, 2.45) is 0 Å². The molecule has 1 atom stereocenters. The Labute approximate surface area is 150 Å². The second-order valence-corrected chi connectivity index (χ2v) is 7.57. The first-order valence-electron chi connectivity index (χ1n) is 8.85. The smallest absolute Gasteiger partial charge is 0.311 e. The van der Waals surface area contributed by atoms with Crippen molar-refractivity contribution in [1.29, 1.82) is 0 Å². The van der Waals surface area contributed by atoms with Crippen LogP contribution in [0, 0.1) is 0 Å². The maximum Gasteiger partial charge on any atom is 0.311 e. The summed E-state index contributed by atoms with van der Waals surface area (Å²) in [7, 11) is 1.63. The molecule has 2 heterocycles. The van der Waals surface area contributed by atoms with E-state index in [1.807, 2.05) is 0 Å². The maximum absolute atomic E-state index is 13.2. The summed E-state index contributed by atoms with van der Waals surface area (Å²) >= 11 is 1.48. The number of aliphatic carboxylic acids is 1. The van der Waals surface area contributed by atoms with Gasteiger partial charge in [0, 0.05) is 25.0 Å². The molecule has 0 fully saturated rings. The number of aromatic nitrogens is 2. The Morgan fingerprint density at radius 1 is 1.44 bits per heavy atom. The normalized spacial score (nSPS) is 16.5. The van der Waals surface area contributed by atoms with Gasteiger partial charge in [0.05, 0.1) is 17.9 Å². The van der Waals surface area contributed by atoms with Gasteiger partial charge in [0.25, 0.3) is 5.56 Å². The van der Waals surface area contributed by atoms with Crippen LogP contribution in [-0.2, 0) is 28.9 Å². The zero-order valence-electron chi connectivity index (χ0n) is 14.7. The number of rotatable bonds is 8. The molecule has 1 aliphatic carbocycles. The highest BCUT2D eigenvalue weighted by atomic mass is 32.1. The van der Waals surface area contributed by atoms with Crippen LogP contribution in [-0.4, -0.2) is 34.3 Å². The standard InChI is InChI=1S/C18H24N2O4S/c1-3-4-5-9-20-13(8-10-24-2)19-16-15(17(20)21)14-11(18(22)23)6-7-12(14)25-16/h11H,3-10H2,1-2H3,(H,22,23). The van der Waals surface area contributed by atoms with Crippen LogP contribution in [0.3, 0.4) is 0 Å². The molecule has 0 radical (unpaired) electrons. The van der Waals surface area contributed by atoms with E-state index in [2.05, 4.69) is 6.92 Å². The molecular formula is C18H24N2O4S. The van der Waals surface area contributed by atoms with E-state index in [0.29, 0.717) is 41.8 Å². The minimum atomic E-state index is -0.848. The summed E-state index contributed by atoms with van der Waals surface area (Å²) in [4.78, 5) is 31.2. The van der Waals surface area contributed by atoms with Gasteiger partial charge in [-0.05, 0) is 24.8 Å². The Hall–Kier alpha value is -1.73. The highest BCUT2D eigenvalue weighted by Gasteiger charge is 2.34. The van der Waals surface area contributed by atoms with Crippen LogP contribution < -0.4 is 5.56 Å². The van der Waals surface area contributed by atoms with Gasteiger partial charge in [-0.25, -0.2) is 4.98 Å². The first kappa shape index (κ1) is 18.1. The number of nitrogens with zero attached hydrogens (tertiary/aromatic N) is 2. The van der Waals surface area contributed by atoms with Crippen molar-refractivity contribution in [3.8, 4) is 0 Å². The molecule has 0 aromatic carbocycles. The van der Waals surface area contributed by atoms with Gasteiger partial charge in [0.15, 0.2) is 0 Å². The van der Waals surface area contributed by atoms with Crippen molar-refractivity contribution >= 4 is 27.5 Å². The summed E-state index contributed by atoms with van der Waals surface area (Å²) < 4.78 is 6.90. The van der Waals surface area contributed by atoms with Crippen LogP contribution in [0.15, 0.2) is 4.79 Å². The summed E-state index contributed by atoms with van der Waals surface area (Å²) in [6.45, 7) is 3.25. The topological polar surface area (TPSA) is 81.4 Å². The van der Waals surface area contributed by atoms with Crippen LogP contribution in [0.1, 0.15) is 54.8 Å². The van der Waals surface area contributed by atoms with Crippen molar-refractivity contribution in [2.45, 2.75) is 57.9 Å². The number of unbranched alkanes of at least 4 members (excludes halogenated alkanes) is 2. The maximum atomic E-state index is 13.2. The second-order valence-electron chi connectivity index (χ2n) is 6.48. The predicted octanol–water partition coefficient (Wildman–Crippen LogP) is 2.95. The molecule has 3 rings (SSSR count). The number of hydrogen-bond acceptors (Lipinski definition) is 5. The van der Waals surface area contributed by atoms with E-state index in [1.165, 1.54) is 11.3 Å². The lowest BCUT2D eigenvalue weighted by Gasteiger charge is -2.13. The molecule has 0 saturated carbocycles. The molecule has 2 aromatic heterocycles. The number of carboxylic acid groups (broad SMARTS) is 1. The van der Waals surface area contributed by atoms with E-state index < -0.39 is 11.9 Å². The lowest BCUT2D eigenvalue weighted by molar-refractivity contribution is -0.138. The average Bonchev–Trinajstić information content (AvgIpc) is 3.13. The van der Waals surface area contributed by atoms with Crippen molar-refractivity contribution < 1.29 is 14.6 Å². The monoisotopic (exact) mass is 364 g/mol. The molecule has 1 aliphatic rings. The molecule has 1 N–H and O–H groups in total. The Balaban J connectivity index is 2.13. The number of aryl methyl sites for hydroxylation is 1. The molecule has 0 saturated heterocycles. The fraction of sp³-hybridized carbons (Fsp3) is 0.611. The summed E-state index contributed by atoms with van der Waals surface area (Å²) in [5.74, 6) is -0.687. The van der Waals surface area contributed by atoms with Gasteiger partial charge in [0.1, 0.15) is 10.7 Å². The third-order valence-corrected chi connectivity index (χ3v) is 5.99. The van der Waals surface area contributed by atoms with Crippen molar-refractivity contribution in [2.75, 3.05) is 13.7 Å². The van der Waals surface area contributed by atoms with Gasteiger partial charge in [-0.2, -0.15) is 0 Å². The molecule has 1 unspecified atom stereocenters. The molecule has 0 bridgehead atoms. The molecule has 0 amide bonds. The van der Waals surface area contributed by atoms with E-state index in [4.69, 9.17) is 9.72 Å². The Morgan fingerprint density at radius 2 is 2.24 bits per heavy atom. The van der Waals surface area contributed by atoms with E-state index in [0.717, 1.165) is 36.4 Å². The lowest BCUT2D eigenvalue weighted by atomic mass is 10.0. The minimum Gasteiger partial charge on any atom is -0.481 e. The van der Waals surface area contributed by atoms with Gasteiger partial charge in [-0.15, -0.1) is 11.3 Å². The first-order valence-corrected chi connectivity index (χ1v) is 9.66. The predicted molar refractivity (Wildman–Crippen MR) is 97.7 cm³/mol. The van der Waals surface area contributed by atoms with Gasteiger partial charge >= 0.3 is 5.97 Å². The molecular weight excluding hydrogens is 340 g/mol. The van der Waals surface area contributed by atoms with Crippen LogP contribution in [0.4, 0.5) is 0 Å². The van der Waals surface area contributed by atoms with Crippen molar-refractivity contribution in [3.05, 3.63) is 26.6 Å². The third kappa shape index (κ3) is 3.35. The van der Waals surface area contributed by atoms with Gasteiger partial charge < -0.3 is 9.84 Å². The number of thiophene rings is 1. The van der Waals surface area contributed by atoms with Crippen LogP contribution in [0.5, 0.6) is 0 Å². The second kappa shape index (κ2) is 7.66. The van der Waals surface area contributed by atoms with E-state index >= 15 is 0 Å². The Bertz CT molecular complexity index is 840. The van der Waals surface area contributed by atoms with Crippen LogP contribution >= 0.6 is 11.3 Å². The lowest BCUT2D eigenvalue weighted by Crippen LogP contribution is -2.27. The van der Waals surface area contributed by atoms with Crippen molar-refractivity contribution in [3.63, 3.8) is 0 Å². The third-order valence-electron chi connectivity index (χ3n) is 4.83. The summed E-state index contributed by atoms with van der Waals surface area (Å²) in [5, 5.41) is 10.0. The molecule has 0 spiro atoms. The number of ether oxygens (including phenoxy) is 1.